The highest BCUT2D eigenvalue weighted by molar-refractivity contribution is 9.11. The second kappa shape index (κ2) is 3.49. The minimum absolute atomic E-state index is 0.272. The first-order chi connectivity index (χ1) is 5.99. The molecule has 2 N–H and O–H groups in total. The fourth-order valence-electron chi connectivity index (χ4n) is 1.01. The molecule has 0 aromatic carbocycles. The summed E-state index contributed by atoms with van der Waals surface area (Å²) in [5.74, 6) is -1.45. The molecule has 0 atom stereocenters. The van der Waals surface area contributed by atoms with Crippen LogP contribution in [0.4, 0.5) is 0 Å². The van der Waals surface area contributed by atoms with E-state index in [4.69, 9.17) is 5.11 Å². The second-order valence-corrected chi connectivity index (χ2v) is 4.21. The van der Waals surface area contributed by atoms with E-state index in [0.717, 1.165) is 0 Å². The molecule has 0 aromatic heterocycles. The van der Waals surface area contributed by atoms with E-state index >= 15 is 0 Å². The summed E-state index contributed by atoms with van der Waals surface area (Å²) >= 11 is 3.07. The molecule has 1 aliphatic carbocycles. The van der Waals surface area contributed by atoms with E-state index in [1.807, 2.05) is 0 Å². The first kappa shape index (κ1) is 10.2. The van der Waals surface area contributed by atoms with Crippen molar-refractivity contribution >= 4 is 27.8 Å². The van der Waals surface area contributed by atoms with Gasteiger partial charge in [0.25, 0.3) is 0 Å². The lowest BCUT2D eigenvalue weighted by atomic mass is 10.1. The number of hydrogen-bond acceptors (Lipinski definition) is 2. The van der Waals surface area contributed by atoms with Gasteiger partial charge in [0.05, 0.1) is 0 Å². The molecule has 0 aromatic rings. The van der Waals surface area contributed by atoms with Gasteiger partial charge < -0.3 is 10.4 Å². The SMILES string of the molecule is C=C(Br)CNC(=O)C1(C(=O)O)CC1. The minimum Gasteiger partial charge on any atom is -0.480 e. The van der Waals surface area contributed by atoms with Gasteiger partial charge >= 0.3 is 5.97 Å². The Labute approximate surface area is 84.1 Å². The van der Waals surface area contributed by atoms with Crippen LogP contribution in [0.2, 0.25) is 0 Å². The molecule has 0 radical (unpaired) electrons. The molecule has 5 heteroatoms. The highest BCUT2D eigenvalue weighted by Crippen LogP contribution is 2.46. The van der Waals surface area contributed by atoms with Crippen LogP contribution >= 0.6 is 15.9 Å². The zero-order valence-electron chi connectivity index (χ0n) is 6.97. The van der Waals surface area contributed by atoms with Crippen molar-refractivity contribution in [2.75, 3.05) is 6.54 Å². The lowest BCUT2D eigenvalue weighted by Crippen LogP contribution is -2.37. The summed E-state index contributed by atoms with van der Waals surface area (Å²) in [6.45, 7) is 3.80. The Bertz CT molecular complexity index is 271. The zero-order chi connectivity index (χ0) is 10.1. The predicted octanol–water partition coefficient (Wildman–Crippen LogP) is 0.876. The molecule has 72 valence electrons. The lowest BCUT2D eigenvalue weighted by Gasteiger charge is -2.09. The first-order valence-corrected chi connectivity index (χ1v) is 4.63. The number of rotatable bonds is 4. The second-order valence-electron chi connectivity index (χ2n) is 3.09. The molecule has 0 saturated heterocycles. The number of carbonyl (C=O) groups excluding carboxylic acids is 1. The quantitative estimate of drug-likeness (QED) is 0.725. The van der Waals surface area contributed by atoms with E-state index in [9.17, 15) is 9.59 Å². The fraction of sp³-hybridized carbons (Fsp3) is 0.500. The Morgan fingerprint density at radius 3 is 2.38 bits per heavy atom. The van der Waals surface area contributed by atoms with Crippen molar-refractivity contribution in [2.45, 2.75) is 12.8 Å². The topological polar surface area (TPSA) is 66.4 Å². The molecule has 0 unspecified atom stereocenters. The first-order valence-electron chi connectivity index (χ1n) is 3.84. The van der Waals surface area contributed by atoms with Gasteiger partial charge in [-0.2, -0.15) is 0 Å². The van der Waals surface area contributed by atoms with Gasteiger partial charge in [-0.1, -0.05) is 22.5 Å². The molecule has 0 spiro atoms. The van der Waals surface area contributed by atoms with Crippen LogP contribution in [0.25, 0.3) is 0 Å². The van der Waals surface area contributed by atoms with E-state index in [-0.39, 0.29) is 6.54 Å². The summed E-state index contributed by atoms with van der Waals surface area (Å²) in [6, 6.07) is 0. The van der Waals surface area contributed by atoms with E-state index in [1.165, 1.54) is 0 Å². The molecule has 1 rings (SSSR count). The molecule has 13 heavy (non-hydrogen) atoms. The normalized spacial score (nSPS) is 17.6. The van der Waals surface area contributed by atoms with Crippen LogP contribution in [-0.2, 0) is 9.59 Å². The van der Waals surface area contributed by atoms with Gasteiger partial charge in [-0.25, -0.2) is 0 Å². The Morgan fingerprint density at radius 1 is 1.54 bits per heavy atom. The summed E-state index contributed by atoms with van der Waals surface area (Å²) in [5.41, 5.74) is -1.15. The molecule has 4 nitrogen and oxygen atoms in total. The predicted molar refractivity (Wildman–Crippen MR) is 50.4 cm³/mol. The Hall–Kier alpha value is -0.840. The molecule has 0 heterocycles. The standard InChI is InChI=1S/C8H10BrNO3/c1-5(9)4-10-6(11)8(2-3-8)7(12)13/h1-4H2,(H,10,11)(H,12,13). The third-order valence-corrected chi connectivity index (χ3v) is 2.32. The van der Waals surface area contributed by atoms with Crippen molar-refractivity contribution in [3.05, 3.63) is 11.1 Å². The third kappa shape index (κ3) is 2.09. The maximum Gasteiger partial charge on any atom is 0.319 e. The maximum absolute atomic E-state index is 11.3. The lowest BCUT2D eigenvalue weighted by molar-refractivity contribution is -0.148. The van der Waals surface area contributed by atoms with Gasteiger partial charge in [-0.05, 0) is 12.8 Å². The molecular weight excluding hydrogens is 238 g/mol. The fourth-order valence-corrected chi connectivity index (χ4v) is 1.15. The molecule has 1 aliphatic rings. The van der Waals surface area contributed by atoms with Crippen LogP contribution in [0.3, 0.4) is 0 Å². The number of carbonyl (C=O) groups is 2. The average Bonchev–Trinajstić information content (AvgIpc) is 2.79. The van der Waals surface area contributed by atoms with Crippen LogP contribution in [-0.4, -0.2) is 23.5 Å². The Morgan fingerprint density at radius 2 is 2.08 bits per heavy atom. The number of halogens is 1. The minimum atomic E-state index is -1.15. The number of amides is 1. The Kier molecular flexibility index (Phi) is 2.75. The van der Waals surface area contributed by atoms with Gasteiger partial charge in [-0.15, -0.1) is 0 Å². The van der Waals surface area contributed by atoms with Crippen LogP contribution in [0, 0.1) is 5.41 Å². The molecule has 1 saturated carbocycles. The third-order valence-electron chi connectivity index (χ3n) is 2.03. The van der Waals surface area contributed by atoms with Crippen LogP contribution in [0.15, 0.2) is 11.1 Å². The van der Waals surface area contributed by atoms with Gasteiger partial charge in [0.1, 0.15) is 5.41 Å². The van der Waals surface area contributed by atoms with E-state index < -0.39 is 17.3 Å². The molecular formula is C8H10BrNO3. The van der Waals surface area contributed by atoms with Crippen molar-refractivity contribution < 1.29 is 14.7 Å². The van der Waals surface area contributed by atoms with Crippen molar-refractivity contribution in [3.8, 4) is 0 Å². The zero-order valence-corrected chi connectivity index (χ0v) is 8.56. The largest absolute Gasteiger partial charge is 0.480 e. The smallest absolute Gasteiger partial charge is 0.319 e. The van der Waals surface area contributed by atoms with E-state index in [2.05, 4.69) is 27.8 Å². The summed E-state index contributed by atoms with van der Waals surface area (Å²) in [6.07, 6.45) is 0.867. The summed E-state index contributed by atoms with van der Waals surface area (Å²) in [5, 5.41) is 11.2. The van der Waals surface area contributed by atoms with Crippen molar-refractivity contribution in [1.29, 1.82) is 0 Å². The maximum atomic E-state index is 11.3. The van der Waals surface area contributed by atoms with Crippen LogP contribution < -0.4 is 5.32 Å². The van der Waals surface area contributed by atoms with Gasteiger partial charge in [0, 0.05) is 11.0 Å². The van der Waals surface area contributed by atoms with Gasteiger partial charge in [0.2, 0.25) is 5.91 Å². The monoisotopic (exact) mass is 247 g/mol. The summed E-state index contributed by atoms with van der Waals surface area (Å²) in [4.78, 5) is 22.0. The van der Waals surface area contributed by atoms with E-state index in [0.29, 0.717) is 17.3 Å². The van der Waals surface area contributed by atoms with Crippen LogP contribution in [0.1, 0.15) is 12.8 Å². The Balaban J connectivity index is 2.49. The average molecular weight is 248 g/mol. The van der Waals surface area contributed by atoms with Gasteiger partial charge in [-0.3, -0.25) is 9.59 Å². The van der Waals surface area contributed by atoms with Crippen molar-refractivity contribution in [2.24, 2.45) is 5.41 Å². The van der Waals surface area contributed by atoms with Crippen molar-refractivity contribution in [3.63, 3.8) is 0 Å². The number of hydrogen-bond donors (Lipinski definition) is 2. The molecule has 1 amide bonds. The molecule has 1 fully saturated rings. The van der Waals surface area contributed by atoms with E-state index in [1.54, 1.807) is 0 Å². The highest BCUT2D eigenvalue weighted by Gasteiger charge is 2.56. The number of nitrogens with one attached hydrogen (secondary N) is 1. The number of carboxylic acids is 1. The molecule has 0 bridgehead atoms. The number of aliphatic carboxylic acids is 1. The number of carboxylic acid groups (broad SMARTS) is 1. The summed E-state index contributed by atoms with van der Waals surface area (Å²) in [7, 11) is 0. The van der Waals surface area contributed by atoms with Crippen molar-refractivity contribution in [1.82, 2.24) is 5.32 Å². The summed E-state index contributed by atoms with van der Waals surface area (Å²) < 4.78 is 0.627. The van der Waals surface area contributed by atoms with Crippen LogP contribution in [0.5, 0.6) is 0 Å². The molecule has 0 aliphatic heterocycles. The van der Waals surface area contributed by atoms with Gasteiger partial charge in [0.15, 0.2) is 0 Å². The highest BCUT2D eigenvalue weighted by atomic mass is 79.9.